The summed E-state index contributed by atoms with van der Waals surface area (Å²) < 4.78 is 28.0. The molecule has 0 aromatic carbocycles. The molecule has 0 aliphatic heterocycles. The summed E-state index contributed by atoms with van der Waals surface area (Å²) in [4.78, 5) is 11.9. The molecule has 7 heteroatoms. The first-order valence-corrected chi connectivity index (χ1v) is 5.14. The molecule has 0 fully saturated rings. The lowest BCUT2D eigenvalue weighted by molar-refractivity contribution is -0.0500. The highest BCUT2D eigenvalue weighted by Crippen LogP contribution is 2.12. The summed E-state index contributed by atoms with van der Waals surface area (Å²) in [5.74, 6) is 0.511. The number of pyridine rings is 1. The Morgan fingerprint density at radius 3 is 2.56 bits per heavy atom. The van der Waals surface area contributed by atoms with Crippen LogP contribution in [0.15, 0.2) is 36.8 Å². The van der Waals surface area contributed by atoms with Gasteiger partial charge in [-0.05, 0) is 18.2 Å². The molecule has 2 rings (SSSR count). The number of alkyl halides is 2. The van der Waals surface area contributed by atoms with Crippen molar-refractivity contribution in [2.24, 2.45) is 0 Å². The van der Waals surface area contributed by atoms with E-state index in [0.717, 1.165) is 0 Å². The fourth-order valence-electron chi connectivity index (χ4n) is 1.25. The van der Waals surface area contributed by atoms with Gasteiger partial charge < -0.3 is 10.1 Å². The highest BCUT2D eigenvalue weighted by molar-refractivity contribution is 5.26. The number of halogens is 2. The summed E-state index contributed by atoms with van der Waals surface area (Å²) >= 11 is 0. The lowest BCUT2D eigenvalue weighted by Crippen LogP contribution is -2.06. The molecular formula is C11H10F2N4O. The zero-order chi connectivity index (χ0) is 12.8. The van der Waals surface area contributed by atoms with Gasteiger partial charge in [-0.1, -0.05) is 0 Å². The number of rotatable bonds is 5. The second-order valence-electron chi connectivity index (χ2n) is 3.29. The number of hydrogen-bond donors (Lipinski definition) is 1. The number of nitrogens with zero attached hydrogens (tertiary/aromatic N) is 3. The van der Waals surface area contributed by atoms with Gasteiger partial charge in [0, 0.05) is 12.4 Å². The molecule has 0 unspecified atom stereocenters. The number of anilines is 1. The SMILES string of the molecule is FC(F)Oc1ccc(CNc2ncccn2)nc1. The van der Waals surface area contributed by atoms with Crippen LogP contribution in [-0.2, 0) is 6.54 Å². The molecule has 0 bridgehead atoms. The minimum atomic E-state index is -2.84. The fraction of sp³-hybridized carbons (Fsp3) is 0.182. The number of ether oxygens (including phenoxy) is 1. The van der Waals surface area contributed by atoms with Crippen LogP contribution in [0.1, 0.15) is 5.69 Å². The molecule has 2 aromatic heterocycles. The van der Waals surface area contributed by atoms with Gasteiger partial charge in [0.1, 0.15) is 5.75 Å². The Kier molecular flexibility index (Phi) is 3.95. The van der Waals surface area contributed by atoms with Crippen LogP contribution in [0.3, 0.4) is 0 Å². The maximum atomic E-state index is 11.9. The molecular weight excluding hydrogens is 242 g/mol. The average molecular weight is 252 g/mol. The molecule has 0 atom stereocenters. The molecule has 2 aromatic rings. The first kappa shape index (κ1) is 12.2. The van der Waals surface area contributed by atoms with E-state index < -0.39 is 6.61 Å². The number of hydrogen-bond acceptors (Lipinski definition) is 5. The van der Waals surface area contributed by atoms with E-state index in [0.29, 0.717) is 18.2 Å². The predicted octanol–water partition coefficient (Wildman–Crippen LogP) is 2.09. The largest absolute Gasteiger partial charge is 0.433 e. The molecule has 18 heavy (non-hydrogen) atoms. The van der Waals surface area contributed by atoms with Crippen LogP contribution in [0.2, 0.25) is 0 Å². The van der Waals surface area contributed by atoms with Gasteiger partial charge >= 0.3 is 6.61 Å². The zero-order valence-corrected chi connectivity index (χ0v) is 9.25. The van der Waals surface area contributed by atoms with Gasteiger partial charge in [0.05, 0.1) is 18.4 Å². The molecule has 0 spiro atoms. The van der Waals surface area contributed by atoms with Gasteiger partial charge in [0.15, 0.2) is 0 Å². The smallest absolute Gasteiger partial charge is 0.387 e. The van der Waals surface area contributed by atoms with Crippen molar-refractivity contribution < 1.29 is 13.5 Å². The maximum Gasteiger partial charge on any atom is 0.387 e. The van der Waals surface area contributed by atoms with Crippen LogP contribution in [0.5, 0.6) is 5.75 Å². The van der Waals surface area contributed by atoms with Crippen molar-refractivity contribution in [3.05, 3.63) is 42.5 Å². The van der Waals surface area contributed by atoms with E-state index in [9.17, 15) is 8.78 Å². The Hall–Kier alpha value is -2.31. The van der Waals surface area contributed by atoms with Gasteiger partial charge in [0.25, 0.3) is 0 Å². The zero-order valence-electron chi connectivity index (χ0n) is 9.25. The molecule has 0 aliphatic rings. The Labute approximate surface area is 102 Å². The molecule has 0 radical (unpaired) electrons. The highest BCUT2D eigenvalue weighted by atomic mass is 19.3. The second-order valence-corrected chi connectivity index (χ2v) is 3.29. The second kappa shape index (κ2) is 5.85. The van der Waals surface area contributed by atoms with E-state index >= 15 is 0 Å². The summed E-state index contributed by atoms with van der Waals surface area (Å²) in [7, 11) is 0. The third-order valence-electron chi connectivity index (χ3n) is 2.02. The Balaban J connectivity index is 1.90. The van der Waals surface area contributed by atoms with Gasteiger partial charge in [-0.15, -0.1) is 0 Å². The van der Waals surface area contributed by atoms with Crippen molar-refractivity contribution in [2.45, 2.75) is 13.2 Å². The summed E-state index contributed by atoms with van der Waals surface area (Å²) in [6, 6.07) is 4.73. The van der Waals surface area contributed by atoms with Crippen LogP contribution in [0.25, 0.3) is 0 Å². The van der Waals surface area contributed by atoms with Crippen LogP contribution in [0.4, 0.5) is 14.7 Å². The van der Waals surface area contributed by atoms with Gasteiger partial charge in [-0.2, -0.15) is 8.78 Å². The Morgan fingerprint density at radius 1 is 1.17 bits per heavy atom. The first-order valence-electron chi connectivity index (χ1n) is 5.14. The molecule has 5 nitrogen and oxygen atoms in total. The van der Waals surface area contributed by atoms with Crippen molar-refractivity contribution in [1.82, 2.24) is 15.0 Å². The molecule has 0 aliphatic carbocycles. The number of aromatic nitrogens is 3. The van der Waals surface area contributed by atoms with Crippen molar-refractivity contribution in [3.63, 3.8) is 0 Å². The lowest BCUT2D eigenvalue weighted by Gasteiger charge is -2.06. The van der Waals surface area contributed by atoms with Crippen LogP contribution in [-0.4, -0.2) is 21.6 Å². The number of nitrogens with one attached hydrogen (secondary N) is 1. The normalized spacial score (nSPS) is 10.4. The maximum absolute atomic E-state index is 11.9. The molecule has 0 amide bonds. The van der Waals surface area contributed by atoms with E-state index in [1.54, 1.807) is 24.5 Å². The molecule has 2 heterocycles. The summed E-state index contributed by atoms with van der Waals surface area (Å²) in [5.41, 5.74) is 0.670. The Bertz CT molecular complexity index is 478. The summed E-state index contributed by atoms with van der Waals surface area (Å²) in [5, 5.41) is 2.95. The van der Waals surface area contributed by atoms with E-state index in [1.807, 2.05) is 0 Å². The van der Waals surface area contributed by atoms with Crippen molar-refractivity contribution >= 4 is 5.95 Å². The van der Waals surface area contributed by atoms with Crippen molar-refractivity contribution in [3.8, 4) is 5.75 Å². The van der Waals surface area contributed by atoms with E-state index in [1.165, 1.54) is 12.3 Å². The fourth-order valence-corrected chi connectivity index (χ4v) is 1.25. The van der Waals surface area contributed by atoms with Crippen LogP contribution >= 0.6 is 0 Å². The molecule has 1 N–H and O–H groups in total. The topological polar surface area (TPSA) is 59.9 Å². The molecule has 94 valence electrons. The monoisotopic (exact) mass is 252 g/mol. The first-order chi connectivity index (χ1) is 8.74. The van der Waals surface area contributed by atoms with Gasteiger partial charge in [-0.3, -0.25) is 4.98 Å². The predicted molar refractivity (Wildman–Crippen MR) is 60.2 cm³/mol. The van der Waals surface area contributed by atoms with E-state index in [2.05, 4.69) is 25.0 Å². The van der Waals surface area contributed by atoms with E-state index in [4.69, 9.17) is 0 Å². The van der Waals surface area contributed by atoms with E-state index in [-0.39, 0.29) is 5.75 Å². The third-order valence-corrected chi connectivity index (χ3v) is 2.02. The average Bonchev–Trinajstić information content (AvgIpc) is 2.38. The van der Waals surface area contributed by atoms with Gasteiger partial charge in [0.2, 0.25) is 5.95 Å². The third kappa shape index (κ3) is 3.62. The summed E-state index contributed by atoms with van der Waals surface area (Å²) in [6.45, 7) is -2.44. The molecule has 0 saturated carbocycles. The minimum absolute atomic E-state index is 0.0321. The van der Waals surface area contributed by atoms with Gasteiger partial charge in [-0.25, -0.2) is 9.97 Å². The van der Waals surface area contributed by atoms with Crippen molar-refractivity contribution in [2.75, 3.05) is 5.32 Å². The standard InChI is InChI=1S/C11H10F2N4O/c12-10(13)18-9-3-2-8(16-7-9)6-17-11-14-4-1-5-15-11/h1-5,7,10H,6H2,(H,14,15,17). The van der Waals surface area contributed by atoms with Crippen LogP contribution < -0.4 is 10.1 Å². The summed E-state index contributed by atoms with van der Waals surface area (Å²) in [6.07, 6.45) is 4.47. The van der Waals surface area contributed by atoms with Crippen molar-refractivity contribution in [1.29, 1.82) is 0 Å². The highest BCUT2D eigenvalue weighted by Gasteiger charge is 2.04. The Morgan fingerprint density at radius 2 is 1.94 bits per heavy atom. The quantitative estimate of drug-likeness (QED) is 0.882. The lowest BCUT2D eigenvalue weighted by atomic mass is 10.3. The van der Waals surface area contributed by atoms with Crippen LogP contribution in [0, 0.1) is 0 Å². The molecule has 0 saturated heterocycles. The minimum Gasteiger partial charge on any atom is -0.433 e.